The molecule has 0 bridgehead atoms. The summed E-state index contributed by atoms with van der Waals surface area (Å²) in [6.07, 6.45) is -0.268. The Morgan fingerprint density at radius 3 is 2.25 bits per heavy atom. The minimum atomic E-state index is -0.979. The molecule has 0 radical (unpaired) electrons. The van der Waals surface area contributed by atoms with Crippen LogP contribution in [0.2, 0.25) is 0 Å². The van der Waals surface area contributed by atoms with Crippen LogP contribution in [0.1, 0.15) is 27.6 Å². The minimum Gasteiger partial charge on any atom is -0.485 e. The highest BCUT2D eigenvalue weighted by molar-refractivity contribution is 5.78. The van der Waals surface area contributed by atoms with Gasteiger partial charge in [0.2, 0.25) is 6.10 Å². The van der Waals surface area contributed by atoms with Crippen molar-refractivity contribution in [2.75, 3.05) is 7.11 Å². The van der Waals surface area contributed by atoms with Crippen molar-refractivity contribution in [3.8, 4) is 11.5 Å². The number of carbonyl (C=O) groups is 2. The van der Waals surface area contributed by atoms with Crippen LogP contribution in [0.15, 0.2) is 78.9 Å². The fourth-order valence-electron chi connectivity index (χ4n) is 2.66. The van der Waals surface area contributed by atoms with Gasteiger partial charge >= 0.3 is 5.97 Å². The SMILES string of the molecule is COC(=O)C(Oc1cc(C=O)ccc1OCc1ccccc1)c1ccccc1. The van der Waals surface area contributed by atoms with Gasteiger partial charge in [0.15, 0.2) is 11.5 Å². The van der Waals surface area contributed by atoms with Gasteiger partial charge in [-0.3, -0.25) is 4.79 Å². The van der Waals surface area contributed by atoms with Gasteiger partial charge in [-0.25, -0.2) is 4.79 Å². The molecule has 0 N–H and O–H groups in total. The number of ether oxygens (including phenoxy) is 3. The topological polar surface area (TPSA) is 61.8 Å². The molecule has 142 valence electrons. The maximum Gasteiger partial charge on any atom is 0.351 e. The standard InChI is InChI=1S/C23H20O5/c1-26-23(25)22(19-10-6-3-7-11-19)28-21-14-18(15-24)12-13-20(21)27-16-17-8-4-2-5-9-17/h2-15,22H,16H2,1H3. The van der Waals surface area contributed by atoms with Crippen molar-refractivity contribution in [1.82, 2.24) is 0 Å². The molecule has 0 amide bonds. The van der Waals surface area contributed by atoms with Crippen molar-refractivity contribution in [2.24, 2.45) is 0 Å². The summed E-state index contributed by atoms with van der Waals surface area (Å²) < 4.78 is 16.7. The van der Waals surface area contributed by atoms with E-state index < -0.39 is 12.1 Å². The Bertz CT molecular complexity index is 922. The molecule has 3 aromatic rings. The van der Waals surface area contributed by atoms with E-state index in [-0.39, 0.29) is 0 Å². The van der Waals surface area contributed by atoms with Crippen molar-refractivity contribution >= 4 is 12.3 Å². The Kier molecular flexibility index (Phi) is 6.41. The van der Waals surface area contributed by atoms with E-state index in [0.29, 0.717) is 35.5 Å². The maximum atomic E-state index is 12.3. The molecule has 0 aliphatic carbocycles. The Balaban J connectivity index is 1.89. The van der Waals surface area contributed by atoms with Crippen molar-refractivity contribution < 1.29 is 23.8 Å². The summed E-state index contributed by atoms with van der Waals surface area (Å²) in [4.78, 5) is 23.5. The fraction of sp³-hybridized carbons (Fsp3) is 0.130. The summed E-state index contributed by atoms with van der Waals surface area (Å²) in [6, 6.07) is 23.5. The van der Waals surface area contributed by atoms with Crippen molar-refractivity contribution in [2.45, 2.75) is 12.7 Å². The second-order valence-corrected chi connectivity index (χ2v) is 6.03. The molecule has 28 heavy (non-hydrogen) atoms. The van der Waals surface area contributed by atoms with Gasteiger partial charge in [0.1, 0.15) is 12.9 Å². The summed E-state index contributed by atoms with van der Waals surface area (Å²) >= 11 is 0. The quantitative estimate of drug-likeness (QED) is 0.431. The van der Waals surface area contributed by atoms with Crippen LogP contribution in [0.5, 0.6) is 11.5 Å². The lowest BCUT2D eigenvalue weighted by Crippen LogP contribution is -2.20. The lowest BCUT2D eigenvalue weighted by atomic mass is 10.1. The van der Waals surface area contributed by atoms with Crippen LogP contribution in [0, 0.1) is 0 Å². The van der Waals surface area contributed by atoms with Crippen molar-refractivity contribution in [3.05, 3.63) is 95.6 Å². The maximum absolute atomic E-state index is 12.3. The Morgan fingerprint density at radius 2 is 1.61 bits per heavy atom. The zero-order chi connectivity index (χ0) is 19.8. The van der Waals surface area contributed by atoms with Gasteiger partial charge in [-0.2, -0.15) is 0 Å². The van der Waals surface area contributed by atoms with Gasteiger partial charge in [-0.05, 0) is 23.8 Å². The van der Waals surface area contributed by atoms with Crippen molar-refractivity contribution in [3.63, 3.8) is 0 Å². The molecule has 3 aromatic carbocycles. The molecule has 1 unspecified atom stereocenters. The zero-order valence-corrected chi connectivity index (χ0v) is 15.4. The first-order chi connectivity index (χ1) is 13.7. The highest BCUT2D eigenvalue weighted by Gasteiger charge is 2.25. The third-order valence-electron chi connectivity index (χ3n) is 4.10. The molecule has 0 aliphatic rings. The Labute approximate surface area is 163 Å². The highest BCUT2D eigenvalue weighted by atomic mass is 16.6. The lowest BCUT2D eigenvalue weighted by molar-refractivity contribution is -0.149. The molecule has 3 rings (SSSR count). The normalized spacial score (nSPS) is 11.3. The third kappa shape index (κ3) is 4.76. The van der Waals surface area contributed by atoms with Crippen LogP contribution >= 0.6 is 0 Å². The number of benzene rings is 3. The predicted octanol–water partition coefficient (Wildman–Crippen LogP) is 4.37. The summed E-state index contributed by atoms with van der Waals surface area (Å²) in [7, 11) is 1.30. The van der Waals surface area contributed by atoms with E-state index in [1.165, 1.54) is 7.11 Å². The van der Waals surface area contributed by atoms with Gasteiger partial charge in [-0.15, -0.1) is 0 Å². The smallest absolute Gasteiger partial charge is 0.351 e. The van der Waals surface area contributed by atoms with Gasteiger partial charge in [0, 0.05) is 11.1 Å². The molecule has 0 spiro atoms. The van der Waals surface area contributed by atoms with Gasteiger partial charge in [0.05, 0.1) is 7.11 Å². The molecule has 5 heteroatoms. The number of methoxy groups -OCH3 is 1. The summed E-state index contributed by atoms with van der Waals surface area (Å²) in [5.74, 6) is 0.177. The van der Waals surface area contributed by atoms with E-state index in [4.69, 9.17) is 14.2 Å². The Hall–Kier alpha value is -3.60. The van der Waals surface area contributed by atoms with Crippen LogP contribution in [-0.4, -0.2) is 19.4 Å². The summed E-state index contributed by atoms with van der Waals surface area (Å²) in [5.41, 5.74) is 2.04. The largest absolute Gasteiger partial charge is 0.485 e. The average molecular weight is 376 g/mol. The van der Waals surface area contributed by atoms with E-state index >= 15 is 0 Å². The molecule has 0 aliphatic heterocycles. The van der Waals surface area contributed by atoms with Gasteiger partial charge in [0.25, 0.3) is 0 Å². The van der Waals surface area contributed by atoms with E-state index in [9.17, 15) is 9.59 Å². The van der Waals surface area contributed by atoms with Crippen LogP contribution in [0.25, 0.3) is 0 Å². The molecule has 1 atom stereocenters. The molecular weight excluding hydrogens is 356 g/mol. The molecule has 0 heterocycles. The first-order valence-corrected chi connectivity index (χ1v) is 8.76. The average Bonchev–Trinajstić information content (AvgIpc) is 2.77. The first-order valence-electron chi connectivity index (χ1n) is 8.76. The molecular formula is C23H20O5. The number of hydrogen-bond acceptors (Lipinski definition) is 5. The van der Waals surface area contributed by atoms with Crippen LogP contribution in [0.3, 0.4) is 0 Å². The second kappa shape index (κ2) is 9.37. The molecule has 0 aromatic heterocycles. The number of esters is 1. The van der Waals surface area contributed by atoms with Crippen LogP contribution < -0.4 is 9.47 Å². The Morgan fingerprint density at radius 1 is 0.929 bits per heavy atom. The first kappa shape index (κ1) is 19.2. The molecule has 0 saturated heterocycles. The van der Waals surface area contributed by atoms with E-state index in [2.05, 4.69) is 0 Å². The van der Waals surface area contributed by atoms with E-state index in [1.807, 2.05) is 48.5 Å². The monoisotopic (exact) mass is 376 g/mol. The number of carbonyl (C=O) groups excluding carboxylic acids is 2. The number of aldehydes is 1. The molecule has 5 nitrogen and oxygen atoms in total. The number of rotatable bonds is 8. The van der Waals surface area contributed by atoms with Gasteiger partial charge < -0.3 is 14.2 Å². The lowest BCUT2D eigenvalue weighted by Gasteiger charge is -2.20. The molecule has 0 fully saturated rings. The van der Waals surface area contributed by atoms with E-state index in [1.54, 1.807) is 30.3 Å². The molecule has 0 saturated carbocycles. The van der Waals surface area contributed by atoms with E-state index in [0.717, 1.165) is 5.56 Å². The van der Waals surface area contributed by atoms with Crippen LogP contribution in [-0.2, 0) is 16.1 Å². The summed E-state index contributed by atoms with van der Waals surface area (Å²) in [5, 5.41) is 0. The fourth-order valence-corrected chi connectivity index (χ4v) is 2.66. The number of hydrogen-bond donors (Lipinski definition) is 0. The summed E-state index contributed by atoms with van der Waals surface area (Å²) in [6.45, 7) is 0.325. The van der Waals surface area contributed by atoms with Crippen molar-refractivity contribution in [1.29, 1.82) is 0 Å². The van der Waals surface area contributed by atoms with Crippen LogP contribution in [0.4, 0.5) is 0 Å². The zero-order valence-electron chi connectivity index (χ0n) is 15.4. The van der Waals surface area contributed by atoms with Gasteiger partial charge in [-0.1, -0.05) is 60.7 Å². The second-order valence-electron chi connectivity index (χ2n) is 6.03. The highest BCUT2D eigenvalue weighted by Crippen LogP contribution is 2.33. The predicted molar refractivity (Wildman–Crippen MR) is 104 cm³/mol. The third-order valence-corrected chi connectivity index (χ3v) is 4.10. The minimum absolute atomic E-state index is 0.291.